The lowest BCUT2D eigenvalue weighted by atomic mass is 9.79. The Morgan fingerprint density at radius 2 is 1.57 bits per heavy atom. The average Bonchev–Trinajstić information content (AvgIpc) is 2.30. The lowest BCUT2D eigenvalue weighted by molar-refractivity contribution is -0.173. The molecule has 1 rings (SSSR count). The van der Waals surface area contributed by atoms with Crippen LogP contribution in [0, 0.1) is 0 Å². The molecule has 21 heavy (non-hydrogen) atoms. The van der Waals surface area contributed by atoms with Gasteiger partial charge in [-0.25, -0.2) is 10.2 Å². The molecule has 122 valence electrons. The summed E-state index contributed by atoms with van der Waals surface area (Å²) >= 11 is 0. The molecule has 9 nitrogen and oxygen atoms in total. The molecule has 0 aromatic carbocycles. The minimum absolute atomic E-state index is 0.465. The van der Waals surface area contributed by atoms with Crippen LogP contribution in [0.15, 0.2) is 0 Å². The van der Waals surface area contributed by atoms with Crippen LogP contribution in [-0.2, 0) is 9.53 Å². The molecule has 1 saturated carbocycles. The molecule has 0 heterocycles. The third-order valence-electron chi connectivity index (χ3n) is 2.98. The van der Waals surface area contributed by atoms with E-state index in [1.165, 1.54) is 0 Å². The third-order valence-corrected chi connectivity index (χ3v) is 2.98. The van der Waals surface area contributed by atoms with Gasteiger partial charge in [-0.05, 0) is 20.8 Å². The Labute approximate surface area is 121 Å². The summed E-state index contributed by atoms with van der Waals surface area (Å²) in [5.74, 6) is -1.02. The molecule has 0 spiro atoms. The normalized spacial score (nSPS) is 33.2. The first kappa shape index (κ1) is 17.6. The summed E-state index contributed by atoms with van der Waals surface area (Å²) in [6.45, 7) is 4.91. The van der Waals surface area contributed by atoms with Crippen LogP contribution in [0.3, 0.4) is 0 Å². The Balaban J connectivity index is 2.57. The van der Waals surface area contributed by atoms with Crippen molar-refractivity contribution in [1.82, 2.24) is 10.9 Å². The van der Waals surface area contributed by atoms with Gasteiger partial charge in [-0.1, -0.05) is 0 Å². The van der Waals surface area contributed by atoms with E-state index in [9.17, 15) is 30.0 Å². The standard InChI is InChI=1S/C12H22N2O7/c1-11(2,3)21-10(19)14-13-9(18)12(20)4-6(15)8(17)7(16)5-12/h6-8,15-17,20H,4-5H2,1-3H3,(H,13,18)(H,14,19)/t6-,7-,8-,12+/m1/s1. The second-order valence-corrected chi connectivity index (χ2v) is 6.15. The number of hydrazine groups is 1. The van der Waals surface area contributed by atoms with Crippen molar-refractivity contribution < 1.29 is 34.8 Å². The molecule has 0 aromatic rings. The van der Waals surface area contributed by atoms with Gasteiger partial charge in [0.25, 0.3) is 5.91 Å². The maximum Gasteiger partial charge on any atom is 0.426 e. The highest BCUT2D eigenvalue weighted by Gasteiger charge is 2.48. The number of nitrogens with one attached hydrogen (secondary N) is 2. The predicted octanol–water partition coefficient (Wildman–Crippen LogP) is -1.85. The molecule has 1 aliphatic carbocycles. The van der Waals surface area contributed by atoms with Gasteiger partial charge in [0.1, 0.15) is 17.3 Å². The zero-order valence-electron chi connectivity index (χ0n) is 12.2. The highest BCUT2D eigenvalue weighted by atomic mass is 16.6. The first-order valence-corrected chi connectivity index (χ1v) is 6.50. The summed E-state index contributed by atoms with van der Waals surface area (Å²) < 4.78 is 4.88. The van der Waals surface area contributed by atoms with Crippen molar-refractivity contribution in [2.45, 2.75) is 63.1 Å². The van der Waals surface area contributed by atoms with Crippen LogP contribution in [0.2, 0.25) is 0 Å². The maximum atomic E-state index is 11.9. The average molecular weight is 306 g/mol. The molecular weight excluding hydrogens is 284 g/mol. The van der Waals surface area contributed by atoms with E-state index in [2.05, 4.69) is 0 Å². The van der Waals surface area contributed by atoms with Crippen molar-refractivity contribution in [3.8, 4) is 0 Å². The highest BCUT2D eigenvalue weighted by molar-refractivity contribution is 5.86. The first-order valence-electron chi connectivity index (χ1n) is 6.50. The number of aliphatic hydroxyl groups is 4. The number of carbonyl (C=O) groups excluding carboxylic acids is 2. The molecular formula is C12H22N2O7. The van der Waals surface area contributed by atoms with Crippen LogP contribution in [0.25, 0.3) is 0 Å². The molecule has 1 fully saturated rings. The monoisotopic (exact) mass is 306 g/mol. The molecule has 0 aromatic heterocycles. The van der Waals surface area contributed by atoms with Crippen LogP contribution in [0.5, 0.6) is 0 Å². The number of aliphatic hydroxyl groups excluding tert-OH is 3. The Bertz CT molecular complexity index is 395. The number of rotatable bonds is 1. The van der Waals surface area contributed by atoms with Gasteiger partial charge in [0, 0.05) is 12.8 Å². The molecule has 0 aliphatic heterocycles. The van der Waals surface area contributed by atoms with Crippen LogP contribution >= 0.6 is 0 Å². The lowest BCUT2D eigenvalue weighted by Gasteiger charge is -2.38. The van der Waals surface area contributed by atoms with Crippen LogP contribution in [-0.4, -0.2) is 61.9 Å². The number of ether oxygens (including phenoxy) is 1. The second-order valence-electron chi connectivity index (χ2n) is 6.15. The second kappa shape index (κ2) is 6.14. The quantitative estimate of drug-likeness (QED) is 0.311. The molecule has 0 saturated heterocycles. The molecule has 0 bridgehead atoms. The van der Waals surface area contributed by atoms with Gasteiger partial charge in [-0.15, -0.1) is 0 Å². The number of carbonyl (C=O) groups is 2. The molecule has 0 radical (unpaired) electrons. The van der Waals surface area contributed by atoms with Crippen molar-refractivity contribution in [3.63, 3.8) is 0 Å². The fourth-order valence-corrected chi connectivity index (χ4v) is 1.99. The fraction of sp³-hybridized carbons (Fsp3) is 0.833. The van der Waals surface area contributed by atoms with E-state index in [4.69, 9.17) is 4.74 Å². The van der Waals surface area contributed by atoms with Crippen molar-refractivity contribution in [2.75, 3.05) is 0 Å². The molecule has 9 heteroatoms. The summed E-state index contributed by atoms with van der Waals surface area (Å²) in [4.78, 5) is 23.2. The number of hydrogen-bond donors (Lipinski definition) is 6. The van der Waals surface area contributed by atoms with Gasteiger partial charge in [0.15, 0.2) is 0 Å². The van der Waals surface area contributed by atoms with Gasteiger partial charge in [-0.3, -0.25) is 10.2 Å². The Hall–Kier alpha value is -1.42. The molecule has 6 N–H and O–H groups in total. The van der Waals surface area contributed by atoms with E-state index < -0.39 is 54.4 Å². The lowest BCUT2D eigenvalue weighted by Crippen LogP contribution is -2.61. The minimum Gasteiger partial charge on any atom is -0.443 e. The largest absolute Gasteiger partial charge is 0.443 e. The van der Waals surface area contributed by atoms with Crippen molar-refractivity contribution in [1.29, 1.82) is 0 Å². The van der Waals surface area contributed by atoms with Crippen molar-refractivity contribution in [3.05, 3.63) is 0 Å². The maximum absolute atomic E-state index is 11.9. The predicted molar refractivity (Wildman–Crippen MR) is 69.7 cm³/mol. The van der Waals surface area contributed by atoms with Crippen LogP contribution in [0.4, 0.5) is 4.79 Å². The van der Waals surface area contributed by atoms with Gasteiger partial charge in [0.2, 0.25) is 0 Å². The highest BCUT2D eigenvalue weighted by Crippen LogP contribution is 2.29. The summed E-state index contributed by atoms with van der Waals surface area (Å²) in [5.41, 5.74) is 1.05. The Morgan fingerprint density at radius 3 is 2.00 bits per heavy atom. The number of amides is 2. The minimum atomic E-state index is -2.10. The first-order chi connectivity index (χ1) is 9.44. The zero-order chi connectivity index (χ0) is 16.4. The summed E-state index contributed by atoms with van der Waals surface area (Å²) in [6, 6.07) is 0. The summed E-state index contributed by atoms with van der Waals surface area (Å²) in [5, 5.41) is 38.5. The Kier molecular flexibility index (Phi) is 5.16. The molecule has 2 atom stereocenters. The van der Waals surface area contributed by atoms with Crippen molar-refractivity contribution in [2.24, 2.45) is 0 Å². The fourth-order valence-electron chi connectivity index (χ4n) is 1.99. The number of hydrogen-bond acceptors (Lipinski definition) is 7. The smallest absolute Gasteiger partial charge is 0.426 e. The topological polar surface area (TPSA) is 148 Å². The van der Waals surface area contributed by atoms with Crippen LogP contribution in [0.1, 0.15) is 33.6 Å². The van der Waals surface area contributed by atoms with Crippen LogP contribution < -0.4 is 10.9 Å². The summed E-state index contributed by atoms with van der Waals surface area (Å²) in [6.07, 6.45) is -6.19. The molecule has 2 amide bonds. The van der Waals surface area contributed by atoms with E-state index in [1.807, 2.05) is 10.9 Å². The van der Waals surface area contributed by atoms with E-state index in [0.29, 0.717) is 0 Å². The third kappa shape index (κ3) is 4.81. The van der Waals surface area contributed by atoms with Gasteiger partial charge >= 0.3 is 6.09 Å². The van der Waals surface area contributed by atoms with Crippen molar-refractivity contribution >= 4 is 12.0 Å². The van der Waals surface area contributed by atoms with Gasteiger partial charge < -0.3 is 25.2 Å². The van der Waals surface area contributed by atoms with Gasteiger partial charge in [0.05, 0.1) is 12.2 Å². The molecule has 0 unspecified atom stereocenters. The van der Waals surface area contributed by atoms with E-state index >= 15 is 0 Å². The van der Waals surface area contributed by atoms with Gasteiger partial charge in [-0.2, -0.15) is 0 Å². The summed E-state index contributed by atoms with van der Waals surface area (Å²) in [7, 11) is 0. The Morgan fingerprint density at radius 1 is 1.10 bits per heavy atom. The SMILES string of the molecule is CC(C)(C)OC(=O)NNC(=O)[C@]1(O)C[C@@H](O)[C@@H](O)[C@H](O)C1. The molecule has 1 aliphatic rings. The van der Waals surface area contributed by atoms with E-state index in [1.54, 1.807) is 20.8 Å². The zero-order valence-corrected chi connectivity index (χ0v) is 12.2. The van der Waals surface area contributed by atoms with E-state index in [-0.39, 0.29) is 0 Å². The van der Waals surface area contributed by atoms with E-state index in [0.717, 1.165) is 0 Å².